The molecule has 3 aromatic rings. The number of fused-ring (bicyclic) bond motifs is 3. The van der Waals surface area contributed by atoms with E-state index in [1.807, 2.05) is 42.5 Å². The van der Waals surface area contributed by atoms with E-state index < -0.39 is 56.7 Å². The summed E-state index contributed by atoms with van der Waals surface area (Å²) in [6.07, 6.45) is 12.2. The Morgan fingerprint density at radius 1 is 1.02 bits per heavy atom. The van der Waals surface area contributed by atoms with E-state index in [1.165, 1.54) is 0 Å². The highest BCUT2D eigenvalue weighted by Crippen LogP contribution is 2.46. The molecule has 4 fully saturated rings. The number of ether oxygens (including phenoxy) is 2. The van der Waals surface area contributed by atoms with Crippen molar-refractivity contribution in [2.24, 2.45) is 17.3 Å². The van der Waals surface area contributed by atoms with E-state index in [0.29, 0.717) is 30.7 Å². The maximum atomic E-state index is 15.1. The van der Waals surface area contributed by atoms with Gasteiger partial charge in [0.15, 0.2) is 0 Å². The summed E-state index contributed by atoms with van der Waals surface area (Å²) in [5.41, 5.74) is 2.01. The van der Waals surface area contributed by atoms with E-state index >= 15 is 4.79 Å². The average Bonchev–Trinajstić information content (AvgIpc) is 4.17. The summed E-state index contributed by atoms with van der Waals surface area (Å²) in [6, 6.07) is 14.5. The maximum Gasteiger partial charge on any atom is 0.259 e. The third kappa shape index (κ3) is 8.93. The van der Waals surface area contributed by atoms with Gasteiger partial charge in [0.2, 0.25) is 21.8 Å². The number of amides is 3. The van der Waals surface area contributed by atoms with Gasteiger partial charge in [-0.2, -0.15) is 0 Å². The van der Waals surface area contributed by atoms with Crippen LogP contribution in [0.25, 0.3) is 22.2 Å². The lowest BCUT2D eigenvalue weighted by atomic mass is 9.81. The molecule has 60 heavy (non-hydrogen) atoms. The van der Waals surface area contributed by atoms with E-state index in [4.69, 9.17) is 14.5 Å². The monoisotopic (exact) mass is 839 g/mol. The third-order valence-electron chi connectivity index (χ3n) is 13.7. The van der Waals surface area contributed by atoms with Crippen molar-refractivity contribution in [3.8, 4) is 22.8 Å². The molecule has 3 saturated carbocycles. The molecule has 1 aromatic heterocycles. The van der Waals surface area contributed by atoms with Crippen LogP contribution < -0.4 is 24.8 Å². The minimum Gasteiger partial charge on any atom is -0.496 e. The molecule has 1 saturated heterocycles. The van der Waals surface area contributed by atoms with Crippen molar-refractivity contribution < 1.29 is 32.3 Å². The van der Waals surface area contributed by atoms with Crippen molar-refractivity contribution >= 4 is 38.6 Å². The number of pyridine rings is 1. The molecule has 3 heterocycles. The molecular formula is C47H61N5O7S. The van der Waals surface area contributed by atoms with Gasteiger partial charge in [-0.05, 0) is 93.7 Å². The quantitative estimate of drug-likeness (QED) is 0.202. The van der Waals surface area contributed by atoms with Crippen molar-refractivity contribution in [1.29, 1.82) is 0 Å². The van der Waals surface area contributed by atoms with Gasteiger partial charge in [-0.15, -0.1) is 6.58 Å². The number of hydrogen-bond donors (Lipinski definition) is 3. The second-order valence-electron chi connectivity index (χ2n) is 18.7. The second-order valence-corrected chi connectivity index (χ2v) is 20.6. The predicted molar refractivity (Wildman–Crippen MR) is 232 cm³/mol. The van der Waals surface area contributed by atoms with Crippen LogP contribution in [0.5, 0.6) is 11.5 Å². The van der Waals surface area contributed by atoms with E-state index in [9.17, 15) is 18.0 Å². The molecule has 8 rings (SSSR count). The predicted octanol–water partition coefficient (Wildman–Crippen LogP) is 6.61. The molecule has 322 valence electrons. The van der Waals surface area contributed by atoms with Crippen molar-refractivity contribution in [3.63, 3.8) is 0 Å². The Labute approximate surface area is 354 Å². The van der Waals surface area contributed by atoms with Crippen LogP contribution in [-0.2, 0) is 30.8 Å². The van der Waals surface area contributed by atoms with Gasteiger partial charge in [0, 0.05) is 35.4 Å². The first-order valence-corrected chi connectivity index (χ1v) is 23.6. The van der Waals surface area contributed by atoms with Crippen molar-refractivity contribution in [1.82, 2.24) is 25.2 Å². The first-order valence-electron chi connectivity index (χ1n) is 22.1. The highest BCUT2D eigenvalue weighted by Gasteiger charge is 2.62. The lowest BCUT2D eigenvalue weighted by Gasteiger charge is -2.35. The van der Waals surface area contributed by atoms with Crippen LogP contribution in [0, 0.1) is 17.3 Å². The van der Waals surface area contributed by atoms with E-state index in [1.54, 1.807) is 18.1 Å². The standard InChI is InChI=1S/C47H61N5O7S/c1-5-33-28-47(33,45(55)51-60(56,57)35-19-20-35)50-43(53)39-25-34-29-52(39)44(54)42(31-16-10-7-11-17-31)48-23-13-22-46(2,3)21-12-18-32-24-36-38(27-40(32)58-4)49-37(26-41(36)59-34)30-14-8-6-9-15-30/h5-6,8-9,14-15,24,26-27,31,33-35,39,42,48H,1,7,10-13,16-23,25,28-29H2,2-4H3,(H,50,53)(H,51,55)/t33-,34-,39+,42-,47-/m1/s1. The molecule has 2 aliphatic heterocycles. The van der Waals surface area contributed by atoms with Gasteiger partial charge in [-0.25, -0.2) is 13.4 Å². The summed E-state index contributed by atoms with van der Waals surface area (Å²) in [4.78, 5) is 50.3. The Bertz CT molecular complexity index is 2220. The topological polar surface area (TPSA) is 156 Å². The molecule has 13 heteroatoms. The van der Waals surface area contributed by atoms with Gasteiger partial charge in [0.1, 0.15) is 29.2 Å². The molecule has 5 aliphatic rings. The molecule has 0 spiro atoms. The van der Waals surface area contributed by atoms with Crippen molar-refractivity contribution in [2.75, 3.05) is 20.2 Å². The zero-order valence-corrected chi connectivity index (χ0v) is 36.2. The fourth-order valence-electron chi connectivity index (χ4n) is 9.89. The molecular weight excluding hydrogens is 779 g/mol. The van der Waals surface area contributed by atoms with Gasteiger partial charge in [0.25, 0.3) is 5.91 Å². The van der Waals surface area contributed by atoms with E-state index in [0.717, 1.165) is 92.2 Å². The zero-order chi connectivity index (χ0) is 42.2. The molecule has 12 nitrogen and oxygen atoms in total. The first-order chi connectivity index (χ1) is 28.8. The number of carbonyl (C=O) groups is 3. The van der Waals surface area contributed by atoms with Gasteiger partial charge >= 0.3 is 0 Å². The Hall–Kier alpha value is -4.49. The molecule has 2 aromatic carbocycles. The number of aryl methyl sites for hydroxylation is 1. The van der Waals surface area contributed by atoms with Gasteiger partial charge in [0.05, 0.1) is 36.2 Å². The summed E-state index contributed by atoms with van der Waals surface area (Å²) in [6.45, 7) is 9.32. The van der Waals surface area contributed by atoms with Crippen LogP contribution in [0.15, 0.2) is 61.2 Å². The molecule has 4 bridgehead atoms. The Morgan fingerprint density at radius 3 is 2.47 bits per heavy atom. The molecule has 0 radical (unpaired) electrons. The van der Waals surface area contributed by atoms with Crippen molar-refractivity contribution in [2.45, 2.75) is 133 Å². The van der Waals surface area contributed by atoms with Crippen LogP contribution in [0.2, 0.25) is 0 Å². The number of carbonyl (C=O) groups excluding carboxylic acids is 3. The number of nitrogens with zero attached hydrogens (tertiary/aromatic N) is 2. The highest BCUT2D eigenvalue weighted by molar-refractivity contribution is 7.91. The Kier molecular flexibility index (Phi) is 12.0. The van der Waals surface area contributed by atoms with Crippen molar-refractivity contribution in [3.05, 3.63) is 66.7 Å². The van der Waals surface area contributed by atoms with E-state index in [2.05, 4.69) is 41.8 Å². The minimum atomic E-state index is -3.87. The molecule has 3 N–H and O–H groups in total. The van der Waals surface area contributed by atoms with E-state index in [-0.39, 0.29) is 36.6 Å². The summed E-state index contributed by atoms with van der Waals surface area (Å²) < 4.78 is 41.0. The fraction of sp³-hybridized carbons (Fsp3) is 0.574. The zero-order valence-electron chi connectivity index (χ0n) is 35.3. The molecule has 3 aliphatic carbocycles. The molecule has 5 atom stereocenters. The van der Waals surface area contributed by atoms with Gasteiger partial charge in [-0.1, -0.05) is 69.5 Å². The van der Waals surface area contributed by atoms with Gasteiger partial charge < -0.3 is 25.0 Å². The van der Waals surface area contributed by atoms with Crippen LogP contribution in [-0.4, -0.2) is 85.2 Å². The largest absolute Gasteiger partial charge is 0.496 e. The Balaban J connectivity index is 1.18. The number of aromatic nitrogens is 1. The Morgan fingerprint density at radius 2 is 1.77 bits per heavy atom. The van der Waals surface area contributed by atoms with Crippen LogP contribution >= 0.6 is 0 Å². The third-order valence-corrected chi connectivity index (χ3v) is 15.5. The summed E-state index contributed by atoms with van der Waals surface area (Å²) in [5, 5.41) is 6.87. The van der Waals surface area contributed by atoms with Crippen LogP contribution in [0.1, 0.15) is 103 Å². The average molecular weight is 840 g/mol. The number of benzene rings is 2. The maximum absolute atomic E-state index is 15.1. The minimum absolute atomic E-state index is 0.0830. The smallest absolute Gasteiger partial charge is 0.259 e. The molecule has 3 amide bonds. The molecule has 0 unspecified atom stereocenters. The number of hydrogen-bond acceptors (Lipinski definition) is 9. The van der Waals surface area contributed by atoms with Gasteiger partial charge in [-0.3, -0.25) is 19.1 Å². The summed E-state index contributed by atoms with van der Waals surface area (Å²) in [7, 11) is -2.18. The summed E-state index contributed by atoms with van der Waals surface area (Å²) in [5.74, 6) is -0.381. The fourth-order valence-corrected chi connectivity index (χ4v) is 11.3. The second kappa shape index (κ2) is 17.1. The number of rotatable bonds is 9. The summed E-state index contributed by atoms with van der Waals surface area (Å²) >= 11 is 0. The van der Waals surface area contributed by atoms with Crippen LogP contribution in [0.3, 0.4) is 0 Å². The lowest BCUT2D eigenvalue weighted by molar-refractivity contribution is -0.142. The first kappa shape index (κ1) is 42.2. The van der Waals surface area contributed by atoms with Crippen LogP contribution in [0.4, 0.5) is 0 Å². The lowest BCUT2D eigenvalue weighted by Crippen LogP contribution is -2.59. The number of sulfonamides is 1. The normalized spacial score (nSPS) is 27.6. The highest BCUT2D eigenvalue weighted by atomic mass is 32.2. The number of methoxy groups -OCH3 is 1. The number of nitrogens with one attached hydrogen (secondary N) is 3. The SMILES string of the molecule is C=C[C@@H]1C[C@]1(NC(=O)[C@@H]1C[C@@H]2CN1C(=O)[C@@H](C1CCCCC1)NCCCC(C)(C)CCCc1cc3c(cc(-c4ccccc4)nc3cc1OC)O2)C(=O)NS(=O)(=O)C1CC1.